The van der Waals surface area contributed by atoms with Crippen molar-refractivity contribution in [1.82, 2.24) is 0 Å². The third-order valence-corrected chi connectivity index (χ3v) is 9.06. The van der Waals surface area contributed by atoms with E-state index < -0.39 is 16.9 Å². The Bertz CT molecular complexity index is 168. The van der Waals surface area contributed by atoms with Crippen LogP contribution in [0.1, 0.15) is 6.92 Å². The average molecular weight is 250 g/mol. The van der Waals surface area contributed by atoms with Gasteiger partial charge in [0.2, 0.25) is 0 Å². The molecule has 0 fully saturated rings. The van der Waals surface area contributed by atoms with Gasteiger partial charge in [-0.1, -0.05) is 20.0 Å². The lowest BCUT2D eigenvalue weighted by molar-refractivity contribution is 0.283. The minimum atomic E-state index is -1.83. The molecule has 1 unspecified atom stereocenters. The zero-order valence-corrected chi connectivity index (χ0v) is 13.7. The van der Waals surface area contributed by atoms with E-state index >= 15 is 0 Å². The fraction of sp³-hybridized carbons (Fsp3) is 1.00. The summed E-state index contributed by atoms with van der Waals surface area (Å²) in [5, 5.41) is 0. The summed E-state index contributed by atoms with van der Waals surface area (Å²) in [5.41, 5.74) is 0. The molecule has 1 radical (unpaired) electrons. The van der Waals surface area contributed by atoms with E-state index in [1.54, 1.807) is 0 Å². The van der Waals surface area contributed by atoms with Crippen molar-refractivity contribution in [2.45, 2.75) is 52.2 Å². The topological polar surface area (TPSA) is 18.5 Å². The molecule has 0 aliphatic heterocycles. The molecule has 0 heterocycles. The van der Waals surface area contributed by atoms with Gasteiger partial charge in [-0.15, -0.1) is 0 Å². The second kappa shape index (κ2) is 5.60. The zero-order valence-electron chi connectivity index (χ0n) is 10.7. The molecule has 0 rings (SSSR count). The summed E-state index contributed by atoms with van der Waals surface area (Å²) < 4.78 is 12.2. The van der Waals surface area contributed by atoms with E-state index in [4.69, 9.17) is 8.54 Å². The van der Waals surface area contributed by atoms with Crippen molar-refractivity contribution >= 4 is 25.7 Å². The van der Waals surface area contributed by atoms with E-state index in [0.717, 1.165) is 12.3 Å². The molecule has 14 heavy (non-hydrogen) atoms. The molecule has 0 saturated carbocycles. The van der Waals surface area contributed by atoms with Gasteiger partial charge in [0.05, 0.1) is 8.80 Å². The summed E-state index contributed by atoms with van der Waals surface area (Å²) in [7, 11) is -3.56. The van der Waals surface area contributed by atoms with Crippen LogP contribution in [0, 0.1) is 0 Å². The molecule has 0 aromatic heterocycles. The first-order valence-corrected chi connectivity index (χ1v) is 14.0. The maximum atomic E-state index is 6.20. The Balaban J connectivity index is 4.18. The summed E-state index contributed by atoms with van der Waals surface area (Å²) >= 11 is 0. The van der Waals surface area contributed by atoms with E-state index in [0.29, 0.717) is 0 Å². The van der Waals surface area contributed by atoms with Crippen molar-refractivity contribution < 1.29 is 8.54 Å². The predicted molar refractivity (Wildman–Crippen MR) is 70.0 cm³/mol. The maximum absolute atomic E-state index is 6.20. The van der Waals surface area contributed by atoms with Crippen molar-refractivity contribution in [3.63, 3.8) is 0 Å². The van der Waals surface area contributed by atoms with Crippen molar-refractivity contribution in [1.29, 1.82) is 0 Å². The summed E-state index contributed by atoms with van der Waals surface area (Å²) in [4.78, 5) is 0. The maximum Gasteiger partial charge on any atom is 0.324 e. The molecule has 2 nitrogen and oxygen atoms in total. The highest BCUT2D eigenvalue weighted by Gasteiger charge is 2.34. The fourth-order valence-corrected chi connectivity index (χ4v) is 9.72. The third-order valence-electron chi connectivity index (χ3n) is 1.83. The molecule has 85 valence electrons. The van der Waals surface area contributed by atoms with Gasteiger partial charge in [-0.25, -0.2) is 0 Å². The van der Waals surface area contributed by atoms with E-state index in [1.165, 1.54) is 0 Å². The lowest BCUT2D eigenvalue weighted by atomic mass is 11.0. The Morgan fingerprint density at radius 1 is 1.07 bits per heavy atom. The van der Waals surface area contributed by atoms with E-state index in [-0.39, 0.29) is 8.80 Å². The van der Waals surface area contributed by atoms with Crippen LogP contribution >= 0.6 is 0 Å². The molecule has 0 amide bonds. The highest BCUT2D eigenvalue weighted by Crippen LogP contribution is 2.19. The van der Waals surface area contributed by atoms with Crippen LogP contribution in [-0.4, -0.2) is 31.9 Å². The third kappa shape index (κ3) is 6.94. The van der Waals surface area contributed by atoms with Crippen molar-refractivity contribution in [2.24, 2.45) is 0 Å². The molecule has 0 aromatic rings. The highest BCUT2D eigenvalue weighted by molar-refractivity contribution is 6.82. The first-order chi connectivity index (χ1) is 6.18. The fourth-order valence-electron chi connectivity index (χ4n) is 1.15. The number of rotatable bonds is 6. The van der Waals surface area contributed by atoms with Crippen LogP contribution in [0.25, 0.3) is 0 Å². The average Bonchev–Trinajstić information content (AvgIpc) is 1.98. The van der Waals surface area contributed by atoms with Crippen molar-refractivity contribution in [3.05, 3.63) is 0 Å². The molecular formula is C9H25O2Si3. The molecule has 5 heteroatoms. The first-order valence-electron chi connectivity index (χ1n) is 5.32. The van der Waals surface area contributed by atoms with Gasteiger partial charge in [-0.2, -0.15) is 0 Å². The summed E-state index contributed by atoms with van der Waals surface area (Å²) in [6, 6.07) is 1.06. The highest BCUT2D eigenvalue weighted by atomic mass is 28.4. The number of hydrogen-bond acceptors (Lipinski definition) is 2. The largest absolute Gasteiger partial charge is 0.436 e. The monoisotopic (exact) mass is 249 g/mol. The minimum absolute atomic E-state index is 0.284. The molecule has 0 aliphatic carbocycles. The lowest BCUT2D eigenvalue weighted by Gasteiger charge is -2.33. The van der Waals surface area contributed by atoms with Gasteiger partial charge in [-0.3, -0.25) is 0 Å². The second-order valence-corrected chi connectivity index (χ2v) is 16.2. The summed E-state index contributed by atoms with van der Waals surface area (Å²) in [6.07, 6.45) is 0.936. The number of hydrogen-bond donors (Lipinski definition) is 0. The molecule has 1 atom stereocenters. The van der Waals surface area contributed by atoms with Gasteiger partial charge < -0.3 is 8.54 Å². The van der Waals surface area contributed by atoms with Crippen LogP contribution in [0.15, 0.2) is 0 Å². The van der Waals surface area contributed by atoms with Crippen LogP contribution in [0.3, 0.4) is 0 Å². The summed E-state index contributed by atoms with van der Waals surface area (Å²) in [5.74, 6) is 0. The molecule has 0 N–H and O–H groups in total. The lowest BCUT2D eigenvalue weighted by Crippen LogP contribution is -2.47. The van der Waals surface area contributed by atoms with Gasteiger partial charge >= 0.3 is 8.56 Å². The second-order valence-electron chi connectivity index (χ2n) is 5.20. The predicted octanol–water partition coefficient (Wildman–Crippen LogP) is 3.24. The smallest absolute Gasteiger partial charge is 0.324 e. The molecular weight excluding hydrogens is 224 g/mol. The Hall–Kier alpha value is 0.571. The summed E-state index contributed by atoms with van der Waals surface area (Å²) in [6.45, 7) is 15.7. The minimum Gasteiger partial charge on any atom is -0.436 e. The van der Waals surface area contributed by atoms with Gasteiger partial charge in [0, 0.05) is 6.23 Å². The standard InChI is InChI=1S/C9H25O2Si3/c1-8-14(7,10-9-12(2)3)11-13(4,5)6/h8-9H2,1-7H3. The van der Waals surface area contributed by atoms with Gasteiger partial charge in [-0.05, 0) is 32.2 Å². The first kappa shape index (κ1) is 14.6. The SMILES string of the molecule is CC[Si](C)(OC[Si](C)C)O[Si](C)(C)C. The van der Waals surface area contributed by atoms with Gasteiger partial charge in [0.25, 0.3) is 0 Å². The molecule has 0 saturated heterocycles. The Labute approximate surface area is 93.0 Å². The van der Waals surface area contributed by atoms with Crippen LogP contribution < -0.4 is 0 Å². The van der Waals surface area contributed by atoms with Crippen molar-refractivity contribution in [2.75, 3.05) is 6.23 Å². The Kier molecular flexibility index (Phi) is 5.83. The van der Waals surface area contributed by atoms with Crippen LogP contribution in [0.2, 0.25) is 45.3 Å². The molecule has 0 aromatic carbocycles. The molecule has 0 bridgehead atoms. The van der Waals surface area contributed by atoms with Crippen LogP contribution in [0.5, 0.6) is 0 Å². The quantitative estimate of drug-likeness (QED) is 0.673. The van der Waals surface area contributed by atoms with Gasteiger partial charge in [0.15, 0.2) is 8.32 Å². The normalized spacial score (nSPS) is 17.1. The van der Waals surface area contributed by atoms with E-state index in [9.17, 15) is 0 Å². The van der Waals surface area contributed by atoms with Gasteiger partial charge in [0.1, 0.15) is 0 Å². The Morgan fingerprint density at radius 3 is 1.86 bits per heavy atom. The van der Waals surface area contributed by atoms with Crippen molar-refractivity contribution in [3.8, 4) is 0 Å². The zero-order chi connectivity index (χ0) is 11.4. The van der Waals surface area contributed by atoms with E-state index in [2.05, 4.69) is 46.2 Å². The van der Waals surface area contributed by atoms with Crippen LogP contribution in [-0.2, 0) is 8.54 Å². The Morgan fingerprint density at radius 2 is 1.57 bits per heavy atom. The molecule has 0 spiro atoms. The van der Waals surface area contributed by atoms with Crippen LogP contribution in [0.4, 0.5) is 0 Å². The molecule has 0 aliphatic rings. The van der Waals surface area contributed by atoms with E-state index in [1.807, 2.05) is 0 Å².